The van der Waals surface area contributed by atoms with E-state index in [1.54, 1.807) is 12.4 Å². The lowest BCUT2D eigenvalue weighted by atomic mass is 10.4. The largest absolute Gasteiger partial charge is 0.384 e. The van der Waals surface area contributed by atoms with Gasteiger partial charge in [0, 0.05) is 29.9 Å². The lowest BCUT2D eigenvalue weighted by molar-refractivity contribution is 1.00. The molecule has 0 aliphatic heterocycles. The normalized spacial score (nSPS) is 12.5. The molecule has 0 radical (unpaired) electrons. The molecule has 1 aromatic rings. The topological polar surface area (TPSA) is 24.9 Å². The van der Waals surface area contributed by atoms with Crippen LogP contribution in [0.3, 0.4) is 0 Å². The van der Waals surface area contributed by atoms with E-state index in [1.165, 1.54) is 0 Å². The molecule has 0 fully saturated rings. The van der Waals surface area contributed by atoms with Crippen molar-refractivity contribution in [2.45, 2.75) is 12.2 Å². The van der Waals surface area contributed by atoms with E-state index in [-0.39, 0.29) is 0 Å². The number of rotatable bonds is 4. The number of pyridine rings is 1. The smallest absolute Gasteiger partial charge is 0.0371 e. The Hall–Kier alpha value is -0.700. The summed E-state index contributed by atoms with van der Waals surface area (Å²) in [6, 6.07) is 3.96. The number of anilines is 1. The number of thioether (sulfide) groups is 1. The van der Waals surface area contributed by atoms with Crippen LogP contribution in [0, 0.1) is 0 Å². The molecule has 1 N–H and O–H groups in total. The van der Waals surface area contributed by atoms with Gasteiger partial charge in [-0.1, -0.05) is 6.92 Å². The Labute approximate surface area is 77.8 Å². The lowest BCUT2D eigenvalue weighted by Crippen LogP contribution is -2.12. The Balaban J connectivity index is 2.33. The molecule has 0 aliphatic rings. The minimum Gasteiger partial charge on any atom is -0.384 e. The van der Waals surface area contributed by atoms with Gasteiger partial charge in [0.15, 0.2) is 0 Å². The van der Waals surface area contributed by atoms with Gasteiger partial charge in [0.1, 0.15) is 0 Å². The lowest BCUT2D eigenvalue weighted by Gasteiger charge is -2.10. The molecule has 0 bridgehead atoms. The molecule has 1 rings (SSSR count). The van der Waals surface area contributed by atoms with Crippen LogP contribution < -0.4 is 5.32 Å². The van der Waals surface area contributed by atoms with Crippen molar-refractivity contribution in [3.8, 4) is 0 Å². The van der Waals surface area contributed by atoms with Gasteiger partial charge in [-0.3, -0.25) is 4.98 Å². The van der Waals surface area contributed by atoms with Crippen LogP contribution in [0.4, 0.5) is 5.69 Å². The van der Waals surface area contributed by atoms with Crippen molar-refractivity contribution in [2.75, 3.05) is 18.1 Å². The first-order chi connectivity index (χ1) is 5.83. The highest BCUT2D eigenvalue weighted by Crippen LogP contribution is 2.08. The molecular formula is C9H14N2S. The van der Waals surface area contributed by atoms with Crippen LogP contribution in [-0.4, -0.2) is 23.0 Å². The fourth-order valence-corrected chi connectivity index (χ4v) is 1.06. The van der Waals surface area contributed by atoms with Crippen molar-refractivity contribution >= 4 is 17.4 Å². The maximum absolute atomic E-state index is 3.95. The van der Waals surface area contributed by atoms with Crippen LogP contribution >= 0.6 is 11.8 Å². The molecule has 0 spiro atoms. The summed E-state index contributed by atoms with van der Waals surface area (Å²) in [5.41, 5.74) is 1.14. The maximum Gasteiger partial charge on any atom is 0.0371 e. The molecule has 12 heavy (non-hydrogen) atoms. The highest BCUT2D eigenvalue weighted by molar-refractivity contribution is 7.99. The van der Waals surface area contributed by atoms with E-state index in [2.05, 4.69) is 23.5 Å². The summed E-state index contributed by atoms with van der Waals surface area (Å²) in [4.78, 5) is 3.95. The monoisotopic (exact) mass is 182 g/mol. The number of aromatic nitrogens is 1. The second kappa shape index (κ2) is 5.04. The Bertz CT molecular complexity index is 213. The number of nitrogens with zero attached hydrogens (tertiary/aromatic N) is 1. The molecule has 0 saturated carbocycles. The summed E-state index contributed by atoms with van der Waals surface area (Å²) < 4.78 is 0. The molecular weight excluding hydrogens is 168 g/mol. The third-order valence-corrected chi connectivity index (χ3v) is 2.65. The van der Waals surface area contributed by atoms with Crippen molar-refractivity contribution in [1.29, 1.82) is 0 Å². The molecule has 1 heterocycles. The molecule has 1 atom stereocenters. The Morgan fingerprint density at radius 1 is 1.50 bits per heavy atom. The Morgan fingerprint density at radius 2 is 2.17 bits per heavy atom. The molecule has 1 aromatic heterocycles. The van der Waals surface area contributed by atoms with Gasteiger partial charge < -0.3 is 5.32 Å². The maximum atomic E-state index is 3.95. The van der Waals surface area contributed by atoms with Gasteiger partial charge in [0.2, 0.25) is 0 Å². The zero-order valence-corrected chi connectivity index (χ0v) is 8.27. The zero-order chi connectivity index (χ0) is 8.81. The molecule has 66 valence electrons. The van der Waals surface area contributed by atoms with Gasteiger partial charge in [-0.05, 0) is 18.4 Å². The molecule has 0 saturated heterocycles. The summed E-state index contributed by atoms with van der Waals surface area (Å²) in [6.07, 6.45) is 5.72. The molecule has 1 unspecified atom stereocenters. The van der Waals surface area contributed by atoms with E-state index in [0.717, 1.165) is 12.2 Å². The number of nitrogens with one attached hydrogen (secondary N) is 1. The van der Waals surface area contributed by atoms with Crippen molar-refractivity contribution in [3.63, 3.8) is 0 Å². The van der Waals surface area contributed by atoms with Crippen molar-refractivity contribution in [1.82, 2.24) is 4.98 Å². The van der Waals surface area contributed by atoms with Crippen molar-refractivity contribution in [2.24, 2.45) is 0 Å². The Kier molecular flexibility index (Phi) is 3.94. The second-order valence-corrected chi connectivity index (χ2v) is 3.94. The SMILES string of the molecule is CSC(C)CNc1ccncc1. The molecule has 2 nitrogen and oxygen atoms in total. The Morgan fingerprint density at radius 3 is 2.75 bits per heavy atom. The second-order valence-electron chi connectivity index (χ2n) is 2.66. The molecule has 3 heteroatoms. The van der Waals surface area contributed by atoms with E-state index < -0.39 is 0 Å². The summed E-state index contributed by atoms with van der Waals surface area (Å²) in [5.74, 6) is 0. The first-order valence-corrected chi connectivity index (χ1v) is 5.28. The van der Waals surface area contributed by atoms with Gasteiger partial charge in [-0.15, -0.1) is 0 Å². The minimum atomic E-state index is 0.651. The third kappa shape index (κ3) is 3.13. The van der Waals surface area contributed by atoms with Crippen LogP contribution in [0.15, 0.2) is 24.5 Å². The average Bonchev–Trinajstić information content (AvgIpc) is 2.16. The van der Waals surface area contributed by atoms with E-state index in [1.807, 2.05) is 23.9 Å². The summed E-state index contributed by atoms with van der Waals surface area (Å²) >= 11 is 1.87. The van der Waals surface area contributed by atoms with Crippen molar-refractivity contribution < 1.29 is 0 Å². The van der Waals surface area contributed by atoms with Gasteiger partial charge in [-0.25, -0.2) is 0 Å². The zero-order valence-electron chi connectivity index (χ0n) is 7.45. The quantitative estimate of drug-likeness (QED) is 0.773. The molecule has 0 aromatic carbocycles. The van der Waals surface area contributed by atoms with Crippen LogP contribution in [0.2, 0.25) is 0 Å². The van der Waals surface area contributed by atoms with E-state index >= 15 is 0 Å². The van der Waals surface area contributed by atoms with Gasteiger partial charge in [0.05, 0.1) is 0 Å². The predicted molar refractivity (Wildman–Crippen MR) is 55.7 cm³/mol. The van der Waals surface area contributed by atoms with Crippen LogP contribution in [0.1, 0.15) is 6.92 Å². The average molecular weight is 182 g/mol. The van der Waals surface area contributed by atoms with E-state index in [4.69, 9.17) is 0 Å². The fourth-order valence-electron chi connectivity index (χ4n) is 0.815. The van der Waals surface area contributed by atoms with Gasteiger partial charge in [-0.2, -0.15) is 11.8 Å². The highest BCUT2D eigenvalue weighted by atomic mass is 32.2. The van der Waals surface area contributed by atoms with Gasteiger partial charge >= 0.3 is 0 Å². The van der Waals surface area contributed by atoms with Gasteiger partial charge in [0.25, 0.3) is 0 Å². The first-order valence-electron chi connectivity index (χ1n) is 3.99. The number of hydrogen-bond acceptors (Lipinski definition) is 3. The number of hydrogen-bond donors (Lipinski definition) is 1. The first kappa shape index (κ1) is 9.39. The predicted octanol–water partition coefficient (Wildman–Crippen LogP) is 2.25. The minimum absolute atomic E-state index is 0.651. The van der Waals surface area contributed by atoms with Crippen LogP contribution in [0.25, 0.3) is 0 Å². The fraction of sp³-hybridized carbons (Fsp3) is 0.444. The van der Waals surface area contributed by atoms with E-state index in [9.17, 15) is 0 Å². The van der Waals surface area contributed by atoms with Crippen molar-refractivity contribution in [3.05, 3.63) is 24.5 Å². The third-order valence-electron chi connectivity index (χ3n) is 1.68. The summed E-state index contributed by atoms with van der Waals surface area (Å²) in [7, 11) is 0. The summed E-state index contributed by atoms with van der Waals surface area (Å²) in [5, 5.41) is 3.99. The van der Waals surface area contributed by atoms with Crippen LogP contribution in [-0.2, 0) is 0 Å². The highest BCUT2D eigenvalue weighted by Gasteiger charge is 1.97. The van der Waals surface area contributed by atoms with Crippen LogP contribution in [0.5, 0.6) is 0 Å². The standard InChI is InChI=1S/C9H14N2S/c1-8(12-2)7-11-9-3-5-10-6-4-9/h3-6,8H,7H2,1-2H3,(H,10,11). The summed E-state index contributed by atoms with van der Waals surface area (Å²) in [6.45, 7) is 3.21. The molecule has 0 aliphatic carbocycles. The van der Waals surface area contributed by atoms with E-state index in [0.29, 0.717) is 5.25 Å². The molecule has 0 amide bonds.